The van der Waals surface area contributed by atoms with Crippen molar-refractivity contribution in [1.29, 1.82) is 5.26 Å². The van der Waals surface area contributed by atoms with E-state index in [9.17, 15) is 4.39 Å². The molecule has 1 unspecified atom stereocenters. The molecule has 0 aliphatic carbocycles. The Bertz CT molecular complexity index is 1180. The lowest BCUT2D eigenvalue weighted by molar-refractivity contribution is 0.334. The van der Waals surface area contributed by atoms with Crippen LogP contribution in [0.3, 0.4) is 0 Å². The quantitative estimate of drug-likeness (QED) is 0.500. The van der Waals surface area contributed by atoms with E-state index in [4.69, 9.17) is 27.6 Å². The molecule has 35 heavy (non-hydrogen) atoms. The van der Waals surface area contributed by atoms with Crippen molar-refractivity contribution in [3.05, 3.63) is 71.0 Å². The van der Waals surface area contributed by atoms with Gasteiger partial charge in [-0.05, 0) is 43.5 Å². The molecule has 1 atom stereocenters. The third-order valence-electron chi connectivity index (χ3n) is 6.32. The summed E-state index contributed by atoms with van der Waals surface area (Å²) in [6, 6.07) is 6.83. The first kappa shape index (κ1) is 24.5. The molecule has 0 spiro atoms. The van der Waals surface area contributed by atoms with Crippen LogP contribution >= 0.6 is 11.6 Å². The van der Waals surface area contributed by atoms with Crippen molar-refractivity contribution < 1.29 is 4.39 Å². The average molecular weight is 495 g/mol. The number of nitriles is 1. The number of hydrogen-bond acceptors (Lipinski definition) is 7. The summed E-state index contributed by atoms with van der Waals surface area (Å²) in [6.07, 6.45) is 7.07. The molecule has 2 N–H and O–H groups in total. The zero-order valence-corrected chi connectivity index (χ0v) is 20.4. The minimum Gasteiger partial charge on any atom is -0.398 e. The smallest absolute Gasteiger partial charge is 0.225 e. The molecule has 2 aliphatic heterocycles. The van der Waals surface area contributed by atoms with E-state index in [-0.39, 0.29) is 5.02 Å². The Morgan fingerprint density at radius 2 is 1.97 bits per heavy atom. The molecule has 2 saturated heterocycles. The van der Waals surface area contributed by atoms with Crippen molar-refractivity contribution in [1.82, 2.24) is 19.8 Å². The molecule has 1 aromatic heterocycles. The van der Waals surface area contributed by atoms with Crippen LogP contribution in [-0.4, -0.2) is 64.4 Å². The fourth-order valence-corrected chi connectivity index (χ4v) is 4.46. The van der Waals surface area contributed by atoms with Gasteiger partial charge < -0.3 is 20.4 Å². The fourth-order valence-electron chi connectivity index (χ4n) is 4.28. The summed E-state index contributed by atoms with van der Waals surface area (Å²) in [5.74, 6) is 1.49. The van der Waals surface area contributed by atoms with Gasteiger partial charge in [-0.25, -0.2) is 19.4 Å². The van der Waals surface area contributed by atoms with Crippen molar-refractivity contribution >= 4 is 29.1 Å². The van der Waals surface area contributed by atoms with Crippen LogP contribution in [-0.2, 0) is 0 Å². The number of amidine groups is 1. The number of aliphatic imine (C=N–C) groups is 1. The number of likely N-dealkylation sites (tertiary alicyclic amines) is 1. The summed E-state index contributed by atoms with van der Waals surface area (Å²) in [7, 11) is 0. The summed E-state index contributed by atoms with van der Waals surface area (Å²) in [6.45, 7) is 10.00. The van der Waals surface area contributed by atoms with Crippen molar-refractivity contribution in [3.8, 4) is 6.07 Å². The van der Waals surface area contributed by atoms with E-state index in [1.165, 1.54) is 24.5 Å². The summed E-state index contributed by atoms with van der Waals surface area (Å²) in [5, 5.41) is 8.99. The lowest BCUT2D eigenvalue weighted by Gasteiger charge is -2.36. The number of anilines is 1. The molecular formula is C25H28ClFN8. The largest absolute Gasteiger partial charge is 0.398 e. The molecule has 0 radical (unpaired) electrons. The predicted octanol–water partition coefficient (Wildman–Crippen LogP) is 3.62. The molecule has 0 amide bonds. The second-order valence-electron chi connectivity index (χ2n) is 8.66. The Hall–Kier alpha value is -3.64. The molecule has 3 heterocycles. The second-order valence-corrected chi connectivity index (χ2v) is 9.06. The van der Waals surface area contributed by atoms with Crippen LogP contribution in [0.15, 0.2) is 54.1 Å². The summed E-state index contributed by atoms with van der Waals surface area (Å²) < 4.78 is 13.6. The SMILES string of the molecule is C=C(/N=C(\C=C(/N)c1ccc(F)c(Cl)c1)N1CCN(c2ncc(C#N)cn2)CC1)N1CCCC1C. The van der Waals surface area contributed by atoms with Crippen molar-refractivity contribution in [2.45, 2.75) is 25.8 Å². The molecule has 0 bridgehead atoms. The highest BCUT2D eigenvalue weighted by Crippen LogP contribution is 2.23. The van der Waals surface area contributed by atoms with E-state index in [0.717, 1.165) is 19.4 Å². The van der Waals surface area contributed by atoms with E-state index in [0.29, 0.717) is 66.6 Å². The first-order valence-electron chi connectivity index (χ1n) is 11.5. The van der Waals surface area contributed by atoms with Gasteiger partial charge in [-0.3, -0.25) is 0 Å². The molecule has 182 valence electrons. The van der Waals surface area contributed by atoms with Gasteiger partial charge in [0, 0.05) is 50.5 Å². The van der Waals surface area contributed by atoms with E-state index < -0.39 is 5.82 Å². The molecule has 0 saturated carbocycles. The maximum Gasteiger partial charge on any atom is 0.225 e. The fraction of sp³-hybridized carbons (Fsp3) is 0.360. The van der Waals surface area contributed by atoms with Crippen molar-refractivity contribution in [2.24, 2.45) is 10.7 Å². The van der Waals surface area contributed by atoms with Crippen molar-refractivity contribution in [3.63, 3.8) is 0 Å². The summed E-state index contributed by atoms with van der Waals surface area (Å²) >= 11 is 5.97. The first-order valence-corrected chi connectivity index (χ1v) is 11.9. The standard InChI is InChI=1S/C25H28ClFN8/c1-17-4-3-7-35(17)18(2)32-24(13-23(29)20-5-6-22(27)21(26)12-20)33-8-10-34(11-9-33)25-30-15-19(14-28)16-31-25/h5-6,12-13,15-17H,2-4,7-11,29H2,1H3/b23-13-,32-24+. The van der Waals surface area contributed by atoms with Gasteiger partial charge in [0.2, 0.25) is 5.95 Å². The van der Waals surface area contributed by atoms with Gasteiger partial charge in [-0.1, -0.05) is 18.2 Å². The highest BCUT2D eigenvalue weighted by atomic mass is 35.5. The van der Waals surface area contributed by atoms with Gasteiger partial charge in [0.15, 0.2) is 0 Å². The zero-order valence-electron chi connectivity index (χ0n) is 19.7. The molecule has 2 aliphatic rings. The molecule has 1 aromatic carbocycles. The zero-order chi connectivity index (χ0) is 24.9. The second kappa shape index (κ2) is 10.7. The number of hydrogen-bond donors (Lipinski definition) is 1. The number of rotatable bonds is 5. The van der Waals surface area contributed by atoms with E-state index in [1.54, 1.807) is 12.1 Å². The molecule has 2 fully saturated rings. The van der Waals surface area contributed by atoms with Gasteiger partial charge in [0.05, 0.1) is 23.0 Å². The van der Waals surface area contributed by atoms with Crippen LogP contribution < -0.4 is 10.6 Å². The Morgan fingerprint density at radius 1 is 1.26 bits per heavy atom. The lowest BCUT2D eigenvalue weighted by atomic mass is 10.1. The number of aromatic nitrogens is 2. The minimum absolute atomic E-state index is 0.0173. The van der Waals surface area contributed by atoms with Gasteiger partial charge in [0.1, 0.15) is 23.5 Å². The van der Waals surface area contributed by atoms with Crippen LogP contribution in [0.25, 0.3) is 5.70 Å². The van der Waals surface area contributed by atoms with E-state index in [2.05, 4.69) is 38.2 Å². The predicted molar refractivity (Wildman–Crippen MR) is 136 cm³/mol. The number of piperazine rings is 1. The van der Waals surface area contributed by atoms with Crippen LogP contribution in [0.2, 0.25) is 5.02 Å². The van der Waals surface area contributed by atoms with Crippen LogP contribution in [0, 0.1) is 17.1 Å². The normalized spacial score (nSPS) is 19.1. The Morgan fingerprint density at radius 3 is 2.57 bits per heavy atom. The van der Waals surface area contributed by atoms with Crippen LogP contribution in [0.5, 0.6) is 0 Å². The molecule has 10 heteroatoms. The highest BCUT2D eigenvalue weighted by molar-refractivity contribution is 6.30. The molecule has 4 rings (SSSR count). The Kier molecular flexibility index (Phi) is 7.51. The number of nitrogens with zero attached hydrogens (tertiary/aromatic N) is 7. The van der Waals surface area contributed by atoms with Crippen molar-refractivity contribution in [2.75, 3.05) is 37.6 Å². The van der Waals surface area contributed by atoms with Gasteiger partial charge >= 0.3 is 0 Å². The topological polar surface area (TPSA) is 97.7 Å². The lowest BCUT2D eigenvalue weighted by Crippen LogP contribution is -2.49. The van der Waals surface area contributed by atoms with E-state index >= 15 is 0 Å². The number of nitrogens with two attached hydrogens (primary N) is 1. The highest BCUT2D eigenvalue weighted by Gasteiger charge is 2.24. The minimum atomic E-state index is -0.491. The summed E-state index contributed by atoms with van der Waals surface area (Å²) in [5.41, 5.74) is 7.88. The third-order valence-corrected chi connectivity index (χ3v) is 6.61. The number of halogens is 2. The Balaban J connectivity index is 1.56. The molecule has 8 nitrogen and oxygen atoms in total. The van der Waals surface area contributed by atoms with E-state index in [1.807, 2.05) is 6.07 Å². The van der Waals surface area contributed by atoms with Gasteiger partial charge in [-0.15, -0.1) is 0 Å². The third kappa shape index (κ3) is 5.72. The first-order chi connectivity index (χ1) is 16.9. The maximum absolute atomic E-state index is 13.6. The van der Waals surface area contributed by atoms with Gasteiger partial charge in [0.25, 0.3) is 0 Å². The van der Waals surface area contributed by atoms with Gasteiger partial charge in [-0.2, -0.15) is 5.26 Å². The molecule has 2 aromatic rings. The summed E-state index contributed by atoms with van der Waals surface area (Å²) in [4.78, 5) is 19.9. The maximum atomic E-state index is 13.6. The average Bonchev–Trinajstić information content (AvgIpc) is 3.31. The number of benzene rings is 1. The molecular weight excluding hydrogens is 467 g/mol. The van der Waals surface area contributed by atoms with Crippen LogP contribution in [0.4, 0.5) is 10.3 Å². The van der Waals surface area contributed by atoms with Crippen LogP contribution in [0.1, 0.15) is 30.9 Å². The monoisotopic (exact) mass is 494 g/mol. The Labute approximate surface area is 209 Å².